The number of hydrogen-bond donors (Lipinski definition) is 2. The second-order valence-electron chi connectivity index (χ2n) is 4.20. The van der Waals surface area contributed by atoms with Crippen molar-refractivity contribution in [3.05, 3.63) is 47.3 Å². The number of aromatic nitrogens is 2. The van der Waals surface area contributed by atoms with Gasteiger partial charge < -0.3 is 9.84 Å². The van der Waals surface area contributed by atoms with Crippen LogP contribution in [-0.4, -0.2) is 15.3 Å². The van der Waals surface area contributed by atoms with Gasteiger partial charge in [0.2, 0.25) is 0 Å². The number of nitrogens with one attached hydrogen (secondary N) is 1. The monoisotopic (exact) mass is 246 g/mol. The van der Waals surface area contributed by atoms with E-state index in [2.05, 4.69) is 10.2 Å². The van der Waals surface area contributed by atoms with E-state index in [4.69, 9.17) is 4.74 Å². The highest BCUT2D eigenvalue weighted by molar-refractivity contribution is 5.28. The minimum absolute atomic E-state index is 0.0215. The van der Waals surface area contributed by atoms with E-state index in [0.29, 0.717) is 0 Å². The number of aliphatic hydroxyl groups is 1. The molecule has 0 saturated heterocycles. The van der Waals surface area contributed by atoms with Gasteiger partial charge >= 0.3 is 0 Å². The van der Waals surface area contributed by atoms with Gasteiger partial charge in [0.05, 0.1) is 6.61 Å². The highest BCUT2D eigenvalue weighted by Crippen LogP contribution is 2.26. The van der Waals surface area contributed by atoms with E-state index in [1.54, 1.807) is 0 Å². The molecule has 0 aliphatic heterocycles. The lowest BCUT2D eigenvalue weighted by atomic mass is 10.1. The maximum Gasteiger partial charge on any atom is 0.142 e. The first kappa shape index (κ1) is 12.6. The molecule has 0 spiro atoms. The average molecular weight is 246 g/mol. The van der Waals surface area contributed by atoms with Crippen molar-refractivity contribution >= 4 is 0 Å². The number of H-pyrrole nitrogens is 1. The first-order valence-electron chi connectivity index (χ1n) is 6.12. The molecule has 0 bridgehead atoms. The number of aryl methyl sites for hydroxylation is 1. The molecule has 1 heterocycles. The summed E-state index contributed by atoms with van der Waals surface area (Å²) in [5.74, 6) is 0.814. The van der Waals surface area contributed by atoms with Crippen molar-refractivity contribution in [2.24, 2.45) is 0 Å². The van der Waals surface area contributed by atoms with Gasteiger partial charge in [0.1, 0.15) is 17.5 Å². The lowest BCUT2D eigenvalue weighted by Crippen LogP contribution is -2.09. The Balaban J connectivity index is 2.23. The lowest BCUT2D eigenvalue weighted by molar-refractivity contribution is 0.191. The molecular weight excluding hydrogens is 228 g/mol. The first-order chi connectivity index (χ1) is 8.76. The molecule has 0 radical (unpaired) electrons. The molecule has 2 rings (SSSR count). The summed E-state index contributed by atoms with van der Waals surface area (Å²) in [7, 11) is 0. The predicted octanol–water partition coefficient (Wildman–Crippen LogP) is 2.74. The Morgan fingerprint density at radius 2 is 2.06 bits per heavy atom. The van der Waals surface area contributed by atoms with Crippen LogP contribution in [0.5, 0.6) is 5.75 Å². The van der Waals surface area contributed by atoms with Gasteiger partial charge in [0.15, 0.2) is 0 Å². The first-order valence-corrected chi connectivity index (χ1v) is 6.12. The standard InChI is InChI=1S/C14H18N2O2/c1-3-13(18-11-7-5-4-6-8-11)14-12(9-17)10(2)15-16-14/h4-8,13,17H,3,9H2,1-2H3,(H,15,16). The molecule has 1 aromatic carbocycles. The van der Waals surface area contributed by atoms with Crippen LogP contribution in [0.1, 0.15) is 36.4 Å². The van der Waals surface area contributed by atoms with E-state index in [-0.39, 0.29) is 12.7 Å². The predicted molar refractivity (Wildman–Crippen MR) is 69.3 cm³/mol. The highest BCUT2D eigenvalue weighted by Gasteiger charge is 2.19. The molecule has 4 heteroatoms. The Hall–Kier alpha value is -1.81. The van der Waals surface area contributed by atoms with Gasteiger partial charge in [-0.1, -0.05) is 25.1 Å². The highest BCUT2D eigenvalue weighted by atomic mass is 16.5. The second kappa shape index (κ2) is 5.69. The molecular formula is C14H18N2O2. The lowest BCUT2D eigenvalue weighted by Gasteiger charge is -2.16. The van der Waals surface area contributed by atoms with Crippen molar-refractivity contribution in [1.29, 1.82) is 0 Å². The maximum atomic E-state index is 9.38. The van der Waals surface area contributed by atoms with Crippen molar-refractivity contribution in [3.63, 3.8) is 0 Å². The Labute approximate surface area is 107 Å². The fourth-order valence-corrected chi connectivity index (χ4v) is 1.93. The van der Waals surface area contributed by atoms with E-state index < -0.39 is 0 Å². The Morgan fingerprint density at radius 3 is 2.67 bits per heavy atom. The van der Waals surface area contributed by atoms with Gasteiger partial charge in [-0.2, -0.15) is 5.10 Å². The molecule has 0 aliphatic rings. The van der Waals surface area contributed by atoms with Crippen LogP contribution in [0.3, 0.4) is 0 Å². The van der Waals surface area contributed by atoms with Gasteiger partial charge in [0, 0.05) is 11.3 Å². The van der Waals surface area contributed by atoms with Gasteiger partial charge in [-0.3, -0.25) is 5.10 Å². The van der Waals surface area contributed by atoms with Crippen LogP contribution in [-0.2, 0) is 6.61 Å². The largest absolute Gasteiger partial charge is 0.484 e. The molecule has 0 fully saturated rings. The molecule has 4 nitrogen and oxygen atoms in total. The third kappa shape index (κ3) is 2.54. The summed E-state index contributed by atoms with van der Waals surface area (Å²) in [5, 5.41) is 16.5. The van der Waals surface area contributed by atoms with Crippen molar-refractivity contribution < 1.29 is 9.84 Å². The summed E-state index contributed by atoms with van der Waals surface area (Å²) in [6.45, 7) is 3.92. The smallest absolute Gasteiger partial charge is 0.142 e. The van der Waals surface area contributed by atoms with E-state index in [1.165, 1.54) is 0 Å². The number of nitrogens with zero attached hydrogens (tertiary/aromatic N) is 1. The fraction of sp³-hybridized carbons (Fsp3) is 0.357. The zero-order chi connectivity index (χ0) is 13.0. The SMILES string of the molecule is CCC(Oc1ccccc1)c1n[nH]c(C)c1CO. The fourth-order valence-electron chi connectivity index (χ4n) is 1.93. The van der Waals surface area contributed by atoms with Crippen molar-refractivity contribution in [2.75, 3.05) is 0 Å². The van der Waals surface area contributed by atoms with E-state index in [0.717, 1.165) is 29.1 Å². The van der Waals surface area contributed by atoms with Crippen molar-refractivity contribution in [3.8, 4) is 5.75 Å². The van der Waals surface area contributed by atoms with Crippen molar-refractivity contribution in [1.82, 2.24) is 10.2 Å². The molecule has 18 heavy (non-hydrogen) atoms. The molecule has 1 atom stereocenters. The minimum atomic E-state index is -0.139. The topological polar surface area (TPSA) is 58.1 Å². The van der Waals surface area contributed by atoms with Crippen LogP contribution in [0, 0.1) is 6.92 Å². The third-order valence-corrected chi connectivity index (χ3v) is 2.96. The number of para-hydroxylation sites is 1. The van der Waals surface area contributed by atoms with Crippen LogP contribution in [0.15, 0.2) is 30.3 Å². The number of ether oxygens (including phenoxy) is 1. The van der Waals surface area contributed by atoms with Gasteiger partial charge in [0.25, 0.3) is 0 Å². The summed E-state index contributed by atoms with van der Waals surface area (Å²) in [6, 6.07) is 9.66. The second-order valence-corrected chi connectivity index (χ2v) is 4.20. The Morgan fingerprint density at radius 1 is 1.33 bits per heavy atom. The molecule has 2 N–H and O–H groups in total. The molecule has 96 valence electrons. The molecule has 1 aromatic heterocycles. The quantitative estimate of drug-likeness (QED) is 0.852. The summed E-state index contributed by atoms with van der Waals surface area (Å²) in [5.41, 5.74) is 2.52. The Bertz CT molecular complexity index is 494. The number of hydrogen-bond acceptors (Lipinski definition) is 3. The zero-order valence-electron chi connectivity index (χ0n) is 10.7. The summed E-state index contributed by atoms with van der Waals surface area (Å²) >= 11 is 0. The number of aliphatic hydroxyl groups excluding tert-OH is 1. The summed E-state index contributed by atoms with van der Waals surface area (Å²) in [6.07, 6.45) is 0.658. The molecule has 0 saturated carbocycles. The van der Waals surface area contributed by atoms with Crippen LogP contribution in [0.25, 0.3) is 0 Å². The van der Waals surface area contributed by atoms with Crippen LogP contribution in [0.4, 0.5) is 0 Å². The van der Waals surface area contributed by atoms with Crippen LogP contribution >= 0.6 is 0 Å². The Kier molecular flexibility index (Phi) is 3.99. The maximum absolute atomic E-state index is 9.38. The van der Waals surface area contributed by atoms with E-state index >= 15 is 0 Å². The van der Waals surface area contributed by atoms with Gasteiger partial charge in [-0.25, -0.2) is 0 Å². The van der Waals surface area contributed by atoms with Crippen LogP contribution in [0.2, 0.25) is 0 Å². The summed E-state index contributed by atoms with van der Waals surface area (Å²) in [4.78, 5) is 0. The average Bonchev–Trinajstić information content (AvgIpc) is 2.78. The third-order valence-electron chi connectivity index (χ3n) is 2.96. The normalized spacial score (nSPS) is 12.4. The molecule has 0 amide bonds. The number of rotatable bonds is 5. The van der Waals surface area contributed by atoms with Gasteiger partial charge in [-0.05, 0) is 25.5 Å². The number of benzene rings is 1. The molecule has 2 aromatic rings. The van der Waals surface area contributed by atoms with E-state index in [9.17, 15) is 5.11 Å². The summed E-state index contributed by atoms with van der Waals surface area (Å²) < 4.78 is 5.91. The molecule has 0 aliphatic carbocycles. The van der Waals surface area contributed by atoms with Crippen LogP contribution < -0.4 is 4.74 Å². The molecule has 1 unspecified atom stereocenters. The minimum Gasteiger partial charge on any atom is -0.484 e. The van der Waals surface area contributed by atoms with Crippen molar-refractivity contribution in [2.45, 2.75) is 33.0 Å². The zero-order valence-corrected chi connectivity index (χ0v) is 10.7. The van der Waals surface area contributed by atoms with Gasteiger partial charge in [-0.15, -0.1) is 0 Å². The number of aromatic amines is 1. The van der Waals surface area contributed by atoms with E-state index in [1.807, 2.05) is 44.2 Å².